The third-order valence-corrected chi connectivity index (χ3v) is 4.81. The smallest absolute Gasteiger partial charge is 0.0274 e. The average molecular weight is 238 g/mol. The molecule has 2 saturated carbocycles. The molecule has 0 heterocycles. The van der Waals surface area contributed by atoms with Crippen LogP contribution in [0.25, 0.3) is 0 Å². The lowest BCUT2D eigenvalue weighted by molar-refractivity contribution is 0.0587. The van der Waals surface area contributed by atoms with Crippen LogP contribution in [0.4, 0.5) is 0 Å². The van der Waals surface area contributed by atoms with Crippen LogP contribution in [0.15, 0.2) is 0 Å². The minimum atomic E-state index is 0.460. The summed E-state index contributed by atoms with van der Waals surface area (Å²) in [5, 5.41) is 3.83. The Morgan fingerprint density at radius 3 is 2.53 bits per heavy atom. The highest BCUT2D eigenvalue weighted by Crippen LogP contribution is 2.40. The monoisotopic (exact) mass is 238 g/mol. The van der Waals surface area contributed by atoms with E-state index in [0.29, 0.717) is 11.5 Å². The van der Waals surface area contributed by atoms with Crippen LogP contribution in [-0.2, 0) is 0 Å². The minimum absolute atomic E-state index is 0.460. The molecule has 0 aromatic heterocycles. The van der Waals surface area contributed by atoms with Crippen molar-refractivity contribution in [1.29, 1.82) is 0 Å². The Labute approximate surface area is 107 Å². The maximum Gasteiger partial charge on any atom is 0.0274 e. The molecule has 2 unspecified atom stereocenters. The number of nitrogens with zero attached hydrogens (tertiary/aromatic N) is 1. The summed E-state index contributed by atoms with van der Waals surface area (Å²) in [5.41, 5.74) is 0.460. The van der Waals surface area contributed by atoms with Crippen molar-refractivity contribution in [3.63, 3.8) is 0 Å². The molecule has 2 rings (SSSR count). The summed E-state index contributed by atoms with van der Waals surface area (Å²) in [6.45, 7) is 8.34. The zero-order chi connectivity index (χ0) is 12.5. The van der Waals surface area contributed by atoms with Gasteiger partial charge >= 0.3 is 0 Å². The largest absolute Gasteiger partial charge is 0.312 e. The van der Waals surface area contributed by atoms with E-state index in [0.717, 1.165) is 12.1 Å². The van der Waals surface area contributed by atoms with E-state index in [-0.39, 0.29) is 0 Å². The summed E-state index contributed by atoms with van der Waals surface area (Å²) in [7, 11) is 2.35. The Balaban J connectivity index is 2.04. The van der Waals surface area contributed by atoms with E-state index >= 15 is 0 Å². The molecule has 0 bridgehead atoms. The third-order valence-electron chi connectivity index (χ3n) is 4.81. The van der Waals surface area contributed by atoms with Crippen LogP contribution < -0.4 is 5.32 Å². The van der Waals surface area contributed by atoms with Gasteiger partial charge in [0.05, 0.1) is 0 Å². The molecular formula is C15H30N2. The van der Waals surface area contributed by atoms with E-state index in [1.165, 1.54) is 45.1 Å². The van der Waals surface area contributed by atoms with Crippen molar-refractivity contribution in [3.05, 3.63) is 0 Å². The van der Waals surface area contributed by atoms with Gasteiger partial charge in [-0.2, -0.15) is 0 Å². The highest BCUT2D eigenvalue weighted by Gasteiger charge is 2.43. The number of hydrogen-bond donors (Lipinski definition) is 1. The molecule has 2 nitrogen and oxygen atoms in total. The van der Waals surface area contributed by atoms with Crippen molar-refractivity contribution in [3.8, 4) is 0 Å². The van der Waals surface area contributed by atoms with E-state index in [4.69, 9.17) is 0 Å². The Bertz CT molecular complexity index is 245. The van der Waals surface area contributed by atoms with E-state index in [1.807, 2.05) is 0 Å². The molecule has 2 atom stereocenters. The van der Waals surface area contributed by atoms with Gasteiger partial charge in [-0.05, 0) is 51.1 Å². The predicted molar refractivity (Wildman–Crippen MR) is 74.3 cm³/mol. The summed E-state index contributed by atoms with van der Waals surface area (Å²) >= 11 is 0. The van der Waals surface area contributed by atoms with Gasteiger partial charge in [-0.25, -0.2) is 0 Å². The molecule has 2 aliphatic rings. The lowest BCUT2D eigenvalue weighted by Crippen LogP contribution is -2.58. The van der Waals surface area contributed by atoms with Crippen LogP contribution in [0, 0.1) is 5.41 Å². The van der Waals surface area contributed by atoms with Crippen molar-refractivity contribution in [2.75, 3.05) is 13.6 Å². The number of nitrogens with one attached hydrogen (secondary N) is 1. The van der Waals surface area contributed by atoms with Gasteiger partial charge in [-0.1, -0.05) is 27.2 Å². The zero-order valence-corrected chi connectivity index (χ0v) is 12.1. The zero-order valence-electron chi connectivity index (χ0n) is 12.1. The molecule has 2 heteroatoms. The summed E-state index contributed by atoms with van der Waals surface area (Å²) in [5.74, 6) is 0. The maximum absolute atomic E-state index is 3.83. The van der Waals surface area contributed by atoms with Crippen LogP contribution >= 0.6 is 0 Å². The number of rotatable bonds is 5. The minimum Gasteiger partial charge on any atom is -0.312 e. The fraction of sp³-hybridized carbons (Fsp3) is 1.00. The molecule has 0 aromatic carbocycles. The highest BCUT2D eigenvalue weighted by molar-refractivity contribution is 5.00. The number of hydrogen-bond acceptors (Lipinski definition) is 2. The first-order chi connectivity index (χ1) is 8.06. The highest BCUT2D eigenvalue weighted by atomic mass is 15.2. The molecule has 2 fully saturated rings. The van der Waals surface area contributed by atoms with Crippen LogP contribution in [0.1, 0.15) is 59.3 Å². The standard InChI is InChI=1S/C15H30N2/c1-5-11-16-14-13(17(4)12-8-9-12)7-6-10-15(14,2)3/h12-14,16H,5-11H2,1-4H3. The molecule has 0 spiro atoms. The van der Waals surface area contributed by atoms with E-state index < -0.39 is 0 Å². The van der Waals surface area contributed by atoms with Crippen molar-refractivity contribution >= 4 is 0 Å². The Morgan fingerprint density at radius 2 is 1.94 bits per heavy atom. The molecule has 0 radical (unpaired) electrons. The molecule has 1 N–H and O–H groups in total. The lowest BCUT2D eigenvalue weighted by atomic mass is 9.70. The van der Waals surface area contributed by atoms with Gasteiger partial charge in [0.2, 0.25) is 0 Å². The predicted octanol–water partition coefficient (Wildman–Crippen LogP) is 3.03. The second-order valence-electron chi connectivity index (χ2n) is 6.78. The molecule has 0 saturated heterocycles. The van der Waals surface area contributed by atoms with Gasteiger partial charge in [-0.3, -0.25) is 4.90 Å². The molecule has 2 aliphatic carbocycles. The first-order valence-corrected chi connectivity index (χ1v) is 7.51. The van der Waals surface area contributed by atoms with Crippen LogP contribution in [0.5, 0.6) is 0 Å². The molecule has 17 heavy (non-hydrogen) atoms. The summed E-state index contributed by atoms with van der Waals surface area (Å²) in [6, 6.07) is 2.33. The van der Waals surface area contributed by atoms with Crippen LogP contribution in [-0.4, -0.2) is 36.6 Å². The van der Waals surface area contributed by atoms with Crippen LogP contribution in [0.3, 0.4) is 0 Å². The average Bonchev–Trinajstić information content (AvgIpc) is 3.09. The maximum atomic E-state index is 3.83. The first-order valence-electron chi connectivity index (χ1n) is 7.51. The third kappa shape index (κ3) is 3.03. The molecule has 0 aliphatic heterocycles. The summed E-state index contributed by atoms with van der Waals surface area (Å²) in [4.78, 5) is 2.67. The molecule has 100 valence electrons. The Morgan fingerprint density at radius 1 is 1.24 bits per heavy atom. The van der Waals surface area contributed by atoms with Crippen LogP contribution in [0.2, 0.25) is 0 Å². The number of likely N-dealkylation sites (N-methyl/N-ethyl adjacent to an activating group) is 1. The second kappa shape index (κ2) is 5.27. The van der Waals surface area contributed by atoms with Crippen molar-refractivity contribution < 1.29 is 0 Å². The molecular weight excluding hydrogens is 208 g/mol. The summed E-state index contributed by atoms with van der Waals surface area (Å²) in [6.07, 6.45) is 8.26. The molecule has 0 amide bonds. The van der Waals surface area contributed by atoms with Gasteiger partial charge in [0.1, 0.15) is 0 Å². The van der Waals surface area contributed by atoms with Gasteiger partial charge in [0.25, 0.3) is 0 Å². The second-order valence-corrected chi connectivity index (χ2v) is 6.78. The fourth-order valence-electron chi connectivity index (χ4n) is 3.51. The normalized spacial score (nSPS) is 33.0. The Hall–Kier alpha value is -0.0800. The SMILES string of the molecule is CCCNC1C(N(C)C2CC2)CCCC1(C)C. The topological polar surface area (TPSA) is 15.3 Å². The van der Waals surface area contributed by atoms with Gasteiger partial charge < -0.3 is 5.32 Å². The van der Waals surface area contributed by atoms with E-state index in [9.17, 15) is 0 Å². The van der Waals surface area contributed by atoms with Crippen molar-refractivity contribution in [2.24, 2.45) is 5.41 Å². The quantitative estimate of drug-likeness (QED) is 0.792. The molecule has 0 aromatic rings. The van der Waals surface area contributed by atoms with Gasteiger partial charge in [0.15, 0.2) is 0 Å². The first kappa shape index (κ1) is 13.4. The van der Waals surface area contributed by atoms with E-state index in [2.05, 4.69) is 38.0 Å². The lowest BCUT2D eigenvalue weighted by Gasteiger charge is -2.48. The van der Waals surface area contributed by atoms with Gasteiger partial charge in [-0.15, -0.1) is 0 Å². The van der Waals surface area contributed by atoms with Crippen molar-refractivity contribution in [2.45, 2.75) is 77.4 Å². The summed E-state index contributed by atoms with van der Waals surface area (Å²) < 4.78 is 0. The Kier molecular flexibility index (Phi) is 4.14. The van der Waals surface area contributed by atoms with E-state index in [1.54, 1.807) is 0 Å². The van der Waals surface area contributed by atoms with Gasteiger partial charge in [0, 0.05) is 18.1 Å². The fourth-order valence-corrected chi connectivity index (χ4v) is 3.51. The van der Waals surface area contributed by atoms with Crippen molar-refractivity contribution in [1.82, 2.24) is 10.2 Å².